The topological polar surface area (TPSA) is 57.0 Å². The molecule has 0 bridgehead atoms. The van der Waals surface area contributed by atoms with E-state index in [2.05, 4.69) is 39.9 Å². The van der Waals surface area contributed by atoms with Gasteiger partial charge in [-0.3, -0.25) is 4.68 Å². The Bertz CT molecular complexity index is 741. The van der Waals surface area contributed by atoms with Crippen molar-refractivity contribution in [1.29, 1.82) is 0 Å². The van der Waals surface area contributed by atoms with Crippen molar-refractivity contribution in [3.8, 4) is 5.75 Å². The maximum absolute atomic E-state index is 11.9. The minimum Gasteiger partial charge on any atom is -0.420 e. The molecule has 0 radical (unpaired) electrons. The van der Waals surface area contributed by atoms with Gasteiger partial charge in [-0.2, -0.15) is 5.10 Å². The van der Waals surface area contributed by atoms with E-state index < -0.39 is 5.97 Å². The second kappa shape index (κ2) is 7.75. The standard InChI is InChI=1S/C16H17BrClN3O2/c1-10(2)9-21-16(18)12(11(3)20-21)6-7-14(22)23-13-5-4-8-19-15(13)17/h4-8,10H,9H2,1-3H3. The molecule has 0 atom stereocenters. The van der Waals surface area contributed by atoms with Gasteiger partial charge in [0.2, 0.25) is 0 Å². The second-order valence-electron chi connectivity index (χ2n) is 5.41. The molecule has 0 aliphatic carbocycles. The van der Waals surface area contributed by atoms with Gasteiger partial charge in [-0.05, 0) is 47.0 Å². The Kier molecular flexibility index (Phi) is 5.96. The molecule has 2 aromatic rings. The number of carbonyl (C=O) groups excluding carboxylic acids is 1. The average molecular weight is 399 g/mol. The Hall–Kier alpha value is -1.66. The molecule has 0 N–H and O–H groups in total. The average Bonchev–Trinajstić information content (AvgIpc) is 2.73. The monoisotopic (exact) mass is 397 g/mol. The highest BCUT2D eigenvalue weighted by Crippen LogP contribution is 2.23. The predicted octanol–water partition coefficient (Wildman–Crippen LogP) is 4.28. The molecular formula is C16H17BrClN3O2. The lowest BCUT2D eigenvalue weighted by molar-refractivity contribution is -0.128. The SMILES string of the molecule is Cc1nn(CC(C)C)c(Cl)c1C=CC(=O)Oc1cccnc1Br. The highest BCUT2D eigenvalue weighted by Gasteiger charge is 2.13. The van der Waals surface area contributed by atoms with Crippen LogP contribution in [0, 0.1) is 12.8 Å². The molecule has 0 unspecified atom stereocenters. The summed E-state index contributed by atoms with van der Waals surface area (Å²) in [6.07, 6.45) is 4.55. The van der Waals surface area contributed by atoms with E-state index >= 15 is 0 Å². The van der Waals surface area contributed by atoms with Gasteiger partial charge in [0, 0.05) is 24.4 Å². The minimum atomic E-state index is -0.509. The van der Waals surface area contributed by atoms with Crippen molar-refractivity contribution < 1.29 is 9.53 Å². The normalized spacial score (nSPS) is 11.4. The number of nitrogens with zero attached hydrogens (tertiary/aromatic N) is 3. The van der Waals surface area contributed by atoms with Crippen molar-refractivity contribution >= 4 is 39.6 Å². The van der Waals surface area contributed by atoms with Crippen LogP contribution < -0.4 is 4.74 Å². The lowest BCUT2D eigenvalue weighted by Crippen LogP contribution is -2.06. The zero-order valence-corrected chi connectivity index (χ0v) is 15.4. The van der Waals surface area contributed by atoms with E-state index in [9.17, 15) is 4.79 Å². The summed E-state index contributed by atoms with van der Waals surface area (Å²) in [5.41, 5.74) is 1.48. The lowest BCUT2D eigenvalue weighted by atomic mass is 10.2. The maximum atomic E-state index is 11.9. The van der Waals surface area contributed by atoms with Gasteiger partial charge in [-0.15, -0.1) is 0 Å². The molecule has 0 aliphatic heterocycles. The number of hydrogen-bond donors (Lipinski definition) is 0. The number of aryl methyl sites for hydroxylation is 1. The van der Waals surface area contributed by atoms with Gasteiger partial charge in [0.15, 0.2) is 5.75 Å². The van der Waals surface area contributed by atoms with Crippen molar-refractivity contribution in [2.75, 3.05) is 0 Å². The van der Waals surface area contributed by atoms with E-state index in [0.29, 0.717) is 21.4 Å². The van der Waals surface area contributed by atoms with Crippen LogP contribution >= 0.6 is 27.5 Å². The maximum Gasteiger partial charge on any atom is 0.336 e. The number of esters is 1. The van der Waals surface area contributed by atoms with E-state index in [4.69, 9.17) is 16.3 Å². The zero-order chi connectivity index (χ0) is 17.0. The Balaban J connectivity index is 2.12. The number of aromatic nitrogens is 3. The van der Waals surface area contributed by atoms with Crippen molar-refractivity contribution in [3.05, 3.63) is 45.4 Å². The first-order valence-electron chi connectivity index (χ1n) is 7.11. The summed E-state index contributed by atoms with van der Waals surface area (Å²) in [5, 5.41) is 4.91. The Labute approximate surface area is 148 Å². The van der Waals surface area contributed by atoms with Crippen molar-refractivity contribution in [1.82, 2.24) is 14.8 Å². The molecule has 122 valence electrons. The molecule has 2 aromatic heterocycles. The van der Waals surface area contributed by atoms with Gasteiger partial charge in [-0.1, -0.05) is 25.4 Å². The third-order valence-corrected chi connectivity index (χ3v) is 3.96. The summed E-state index contributed by atoms with van der Waals surface area (Å²) in [6.45, 7) is 6.75. The van der Waals surface area contributed by atoms with E-state index in [0.717, 1.165) is 17.8 Å². The number of carbonyl (C=O) groups is 1. The molecule has 5 nitrogen and oxygen atoms in total. The Morgan fingerprint density at radius 2 is 2.26 bits per heavy atom. The quantitative estimate of drug-likeness (QED) is 0.428. The van der Waals surface area contributed by atoms with Gasteiger partial charge >= 0.3 is 5.97 Å². The number of rotatable bonds is 5. The largest absolute Gasteiger partial charge is 0.420 e. The molecular weight excluding hydrogens is 382 g/mol. The molecule has 0 spiro atoms. The minimum absolute atomic E-state index is 0.362. The van der Waals surface area contributed by atoms with Gasteiger partial charge in [0.1, 0.15) is 9.76 Å². The first kappa shape index (κ1) is 17.7. The van der Waals surface area contributed by atoms with Crippen LogP contribution in [0.2, 0.25) is 5.15 Å². The highest BCUT2D eigenvalue weighted by molar-refractivity contribution is 9.10. The molecule has 0 aromatic carbocycles. The van der Waals surface area contributed by atoms with E-state index in [1.165, 1.54) is 6.08 Å². The molecule has 0 aliphatic rings. The summed E-state index contributed by atoms with van der Waals surface area (Å²) in [6, 6.07) is 3.34. The fraction of sp³-hybridized carbons (Fsp3) is 0.312. The van der Waals surface area contributed by atoms with Gasteiger partial charge in [0.05, 0.1) is 5.69 Å². The molecule has 7 heteroatoms. The summed E-state index contributed by atoms with van der Waals surface area (Å²) < 4.78 is 7.43. The fourth-order valence-corrected chi connectivity index (χ4v) is 2.60. The summed E-state index contributed by atoms with van der Waals surface area (Å²) in [7, 11) is 0. The van der Waals surface area contributed by atoms with E-state index in [1.807, 2.05) is 6.92 Å². The first-order chi connectivity index (χ1) is 10.9. The third-order valence-electron chi connectivity index (χ3n) is 2.97. The van der Waals surface area contributed by atoms with Crippen LogP contribution in [0.15, 0.2) is 29.0 Å². The van der Waals surface area contributed by atoms with Crippen LogP contribution in [-0.2, 0) is 11.3 Å². The molecule has 23 heavy (non-hydrogen) atoms. The first-order valence-corrected chi connectivity index (χ1v) is 8.29. The number of hydrogen-bond acceptors (Lipinski definition) is 4. The highest BCUT2D eigenvalue weighted by atomic mass is 79.9. The Morgan fingerprint density at radius 3 is 2.91 bits per heavy atom. The number of pyridine rings is 1. The van der Waals surface area contributed by atoms with Crippen molar-refractivity contribution in [3.63, 3.8) is 0 Å². The summed E-state index contributed by atoms with van der Waals surface area (Å²) in [4.78, 5) is 15.9. The Morgan fingerprint density at radius 1 is 1.52 bits per heavy atom. The fourth-order valence-electron chi connectivity index (χ4n) is 1.96. The molecule has 0 saturated carbocycles. The van der Waals surface area contributed by atoms with Crippen LogP contribution in [-0.4, -0.2) is 20.7 Å². The lowest BCUT2D eigenvalue weighted by Gasteiger charge is -2.05. The van der Waals surface area contributed by atoms with Crippen LogP contribution in [0.1, 0.15) is 25.1 Å². The number of halogens is 2. The molecule has 2 heterocycles. The van der Waals surface area contributed by atoms with Crippen molar-refractivity contribution in [2.45, 2.75) is 27.3 Å². The van der Waals surface area contributed by atoms with E-state index in [1.54, 1.807) is 29.1 Å². The number of ether oxygens (including phenoxy) is 1. The summed E-state index contributed by atoms with van der Waals surface area (Å²) in [5.74, 6) is 0.280. The predicted molar refractivity (Wildman–Crippen MR) is 93.4 cm³/mol. The van der Waals surface area contributed by atoms with Gasteiger partial charge in [0.25, 0.3) is 0 Å². The second-order valence-corrected chi connectivity index (χ2v) is 6.52. The van der Waals surface area contributed by atoms with Gasteiger partial charge in [-0.25, -0.2) is 9.78 Å². The molecule has 2 rings (SSSR count). The molecule has 0 fully saturated rings. The van der Waals surface area contributed by atoms with Crippen LogP contribution in [0.5, 0.6) is 5.75 Å². The van der Waals surface area contributed by atoms with Crippen LogP contribution in [0.3, 0.4) is 0 Å². The van der Waals surface area contributed by atoms with Gasteiger partial charge < -0.3 is 4.74 Å². The third kappa shape index (κ3) is 4.65. The zero-order valence-electron chi connectivity index (χ0n) is 13.1. The van der Waals surface area contributed by atoms with Crippen LogP contribution in [0.25, 0.3) is 6.08 Å². The van der Waals surface area contributed by atoms with Crippen LogP contribution in [0.4, 0.5) is 0 Å². The van der Waals surface area contributed by atoms with E-state index in [-0.39, 0.29) is 0 Å². The molecule has 0 amide bonds. The smallest absolute Gasteiger partial charge is 0.336 e. The summed E-state index contributed by atoms with van der Waals surface area (Å²) >= 11 is 9.55. The molecule has 0 saturated heterocycles. The van der Waals surface area contributed by atoms with Crippen molar-refractivity contribution in [2.24, 2.45) is 5.92 Å².